The molecule has 0 radical (unpaired) electrons. The molecule has 0 aliphatic heterocycles. The van der Waals surface area contributed by atoms with Crippen molar-refractivity contribution in [2.75, 3.05) is 0 Å². The lowest BCUT2D eigenvalue weighted by Crippen LogP contribution is -2.47. The van der Waals surface area contributed by atoms with Crippen LogP contribution in [-0.2, 0) is 19.1 Å². The second-order valence-corrected chi connectivity index (χ2v) is 8.78. The third-order valence-electron chi connectivity index (χ3n) is 6.15. The van der Waals surface area contributed by atoms with Gasteiger partial charge in [-0.15, -0.1) is 0 Å². The average molecular weight is 445 g/mol. The SMILES string of the molecule is CCCCCC(CCCCC)(OC(=O)CC(O)(CC(=O)O)C(=O)O)C(CC)CCCC. The molecule has 2 unspecified atom stereocenters. The number of ether oxygens (including phenoxy) is 1. The summed E-state index contributed by atoms with van der Waals surface area (Å²) in [7, 11) is 0. The number of carbonyl (C=O) groups excluding carboxylic acids is 1. The highest BCUT2D eigenvalue weighted by Gasteiger charge is 2.45. The van der Waals surface area contributed by atoms with Crippen LogP contribution in [0.4, 0.5) is 0 Å². The van der Waals surface area contributed by atoms with Crippen LogP contribution in [0.1, 0.15) is 118 Å². The van der Waals surface area contributed by atoms with E-state index in [0.717, 1.165) is 64.2 Å². The van der Waals surface area contributed by atoms with Crippen LogP contribution in [0.5, 0.6) is 0 Å². The summed E-state index contributed by atoms with van der Waals surface area (Å²) in [6.45, 7) is 8.42. The summed E-state index contributed by atoms with van der Waals surface area (Å²) in [6.07, 6.45) is 9.14. The molecule has 0 saturated carbocycles. The minimum atomic E-state index is -2.67. The molecule has 7 heteroatoms. The van der Waals surface area contributed by atoms with E-state index >= 15 is 0 Å². The minimum Gasteiger partial charge on any atom is -0.481 e. The number of hydrogen-bond acceptors (Lipinski definition) is 5. The lowest BCUT2D eigenvalue weighted by molar-refractivity contribution is -0.183. The third kappa shape index (κ3) is 10.5. The van der Waals surface area contributed by atoms with E-state index in [4.69, 9.17) is 9.84 Å². The Morgan fingerprint density at radius 3 is 1.71 bits per heavy atom. The molecule has 0 aromatic rings. The van der Waals surface area contributed by atoms with Gasteiger partial charge in [0.25, 0.3) is 0 Å². The van der Waals surface area contributed by atoms with E-state index in [2.05, 4.69) is 27.7 Å². The van der Waals surface area contributed by atoms with Crippen molar-refractivity contribution in [3.05, 3.63) is 0 Å². The summed E-state index contributed by atoms with van der Waals surface area (Å²) in [6, 6.07) is 0. The van der Waals surface area contributed by atoms with E-state index in [1.54, 1.807) is 0 Å². The second kappa shape index (κ2) is 15.2. The average Bonchev–Trinajstić information content (AvgIpc) is 2.67. The Labute approximate surface area is 187 Å². The first kappa shape index (κ1) is 29.4. The van der Waals surface area contributed by atoms with Crippen molar-refractivity contribution in [3.8, 4) is 0 Å². The molecule has 0 heterocycles. The molecule has 182 valence electrons. The fourth-order valence-corrected chi connectivity index (χ4v) is 4.32. The van der Waals surface area contributed by atoms with E-state index in [1.807, 2.05) is 0 Å². The Bertz CT molecular complexity index is 536. The van der Waals surface area contributed by atoms with Gasteiger partial charge in [0.15, 0.2) is 5.60 Å². The molecule has 2 atom stereocenters. The molecule has 0 amide bonds. The van der Waals surface area contributed by atoms with Gasteiger partial charge in [-0.25, -0.2) is 4.79 Å². The molecule has 0 spiro atoms. The van der Waals surface area contributed by atoms with E-state index in [9.17, 15) is 24.6 Å². The van der Waals surface area contributed by atoms with Gasteiger partial charge in [-0.05, 0) is 44.4 Å². The van der Waals surface area contributed by atoms with Crippen LogP contribution in [0, 0.1) is 5.92 Å². The molecule has 31 heavy (non-hydrogen) atoms. The summed E-state index contributed by atoms with van der Waals surface area (Å²) in [5.74, 6) is -3.91. The van der Waals surface area contributed by atoms with Crippen molar-refractivity contribution in [2.45, 2.75) is 129 Å². The van der Waals surface area contributed by atoms with Gasteiger partial charge in [-0.1, -0.05) is 66.2 Å². The monoisotopic (exact) mass is 444 g/mol. The number of rotatable bonds is 19. The topological polar surface area (TPSA) is 121 Å². The molecule has 0 aliphatic carbocycles. The number of carboxylic acid groups (broad SMARTS) is 2. The number of carboxylic acids is 2. The van der Waals surface area contributed by atoms with Crippen LogP contribution in [-0.4, -0.2) is 44.4 Å². The maximum Gasteiger partial charge on any atom is 0.336 e. The lowest BCUT2D eigenvalue weighted by Gasteiger charge is -2.41. The molecule has 0 rings (SSSR count). The molecule has 0 aromatic heterocycles. The summed E-state index contributed by atoms with van der Waals surface area (Å²) in [5.41, 5.74) is -3.39. The van der Waals surface area contributed by atoms with Gasteiger partial charge in [0.05, 0.1) is 12.8 Å². The van der Waals surface area contributed by atoms with E-state index in [1.165, 1.54) is 0 Å². The highest BCUT2D eigenvalue weighted by Crippen LogP contribution is 2.39. The highest BCUT2D eigenvalue weighted by molar-refractivity contribution is 5.88. The number of unbranched alkanes of at least 4 members (excludes halogenated alkanes) is 5. The largest absolute Gasteiger partial charge is 0.481 e. The number of esters is 1. The van der Waals surface area contributed by atoms with Crippen LogP contribution in [0.25, 0.3) is 0 Å². The normalized spacial score (nSPS) is 14.6. The minimum absolute atomic E-state index is 0.141. The zero-order chi connectivity index (χ0) is 23.9. The standard InChI is InChI=1S/C24H44O7/c1-5-9-12-15-24(16-13-10-6-2,19(8-4)14-11-7-3)31-21(27)18-23(30,22(28)29)17-20(25)26/h19,30H,5-18H2,1-4H3,(H,25,26)(H,28,29). The third-order valence-corrected chi connectivity index (χ3v) is 6.15. The Hall–Kier alpha value is -1.63. The first-order valence-electron chi connectivity index (χ1n) is 12.0. The molecule has 0 saturated heterocycles. The maximum atomic E-state index is 12.9. The van der Waals surface area contributed by atoms with E-state index in [0.29, 0.717) is 12.8 Å². The molecule has 0 fully saturated rings. The Kier molecular flexibility index (Phi) is 14.4. The quantitative estimate of drug-likeness (QED) is 0.182. The van der Waals surface area contributed by atoms with Crippen molar-refractivity contribution in [2.24, 2.45) is 5.92 Å². The van der Waals surface area contributed by atoms with Gasteiger partial charge < -0.3 is 20.1 Å². The zero-order valence-corrected chi connectivity index (χ0v) is 20.0. The molecular formula is C24H44O7. The molecular weight excluding hydrogens is 400 g/mol. The van der Waals surface area contributed by atoms with Gasteiger partial charge in [-0.2, -0.15) is 0 Å². The van der Waals surface area contributed by atoms with Gasteiger partial charge in [-0.3, -0.25) is 9.59 Å². The Morgan fingerprint density at radius 1 is 0.806 bits per heavy atom. The van der Waals surface area contributed by atoms with Crippen molar-refractivity contribution >= 4 is 17.9 Å². The number of carbonyl (C=O) groups is 3. The van der Waals surface area contributed by atoms with Gasteiger partial charge in [0, 0.05) is 0 Å². The van der Waals surface area contributed by atoms with Crippen molar-refractivity contribution in [1.29, 1.82) is 0 Å². The van der Waals surface area contributed by atoms with Gasteiger partial charge >= 0.3 is 17.9 Å². The van der Waals surface area contributed by atoms with Crippen LogP contribution >= 0.6 is 0 Å². The van der Waals surface area contributed by atoms with Crippen molar-refractivity contribution in [1.82, 2.24) is 0 Å². The lowest BCUT2D eigenvalue weighted by atomic mass is 9.75. The second-order valence-electron chi connectivity index (χ2n) is 8.78. The van der Waals surface area contributed by atoms with Crippen LogP contribution < -0.4 is 0 Å². The highest BCUT2D eigenvalue weighted by atomic mass is 16.6. The zero-order valence-electron chi connectivity index (χ0n) is 20.0. The van der Waals surface area contributed by atoms with Crippen molar-refractivity contribution in [3.63, 3.8) is 0 Å². The fraction of sp³-hybridized carbons (Fsp3) is 0.875. The van der Waals surface area contributed by atoms with Gasteiger partial charge in [0.2, 0.25) is 0 Å². The van der Waals surface area contributed by atoms with E-state index < -0.39 is 42.0 Å². The Morgan fingerprint density at radius 2 is 1.32 bits per heavy atom. The smallest absolute Gasteiger partial charge is 0.336 e. The summed E-state index contributed by atoms with van der Waals surface area (Å²) in [5, 5.41) is 28.6. The van der Waals surface area contributed by atoms with Crippen LogP contribution in [0.3, 0.4) is 0 Å². The van der Waals surface area contributed by atoms with E-state index in [-0.39, 0.29) is 5.92 Å². The molecule has 0 aliphatic rings. The molecule has 0 bridgehead atoms. The molecule has 3 N–H and O–H groups in total. The summed E-state index contributed by atoms with van der Waals surface area (Å²) >= 11 is 0. The predicted molar refractivity (Wildman–Crippen MR) is 120 cm³/mol. The van der Waals surface area contributed by atoms with Gasteiger partial charge in [0.1, 0.15) is 5.60 Å². The number of aliphatic carboxylic acids is 2. The number of hydrogen-bond donors (Lipinski definition) is 3. The molecule has 7 nitrogen and oxygen atoms in total. The summed E-state index contributed by atoms with van der Waals surface area (Å²) < 4.78 is 6.05. The number of aliphatic hydroxyl groups is 1. The molecule has 0 aromatic carbocycles. The predicted octanol–water partition coefficient (Wildman–Crippen LogP) is 5.33. The summed E-state index contributed by atoms with van der Waals surface area (Å²) in [4.78, 5) is 35.4. The fourth-order valence-electron chi connectivity index (χ4n) is 4.32. The van der Waals surface area contributed by atoms with Crippen LogP contribution in [0.15, 0.2) is 0 Å². The van der Waals surface area contributed by atoms with Crippen molar-refractivity contribution < 1.29 is 34.4 Å². The first-order chi connectivity index (χ1) is 14.6. The van der Waals surface area contributed by atoms with Crippen LogP contribution in [0.2, 0.25) is 0 Å². The first-order valence-corrected chi connectivity index (χ1v) is 12.0. The maximum absolute atomic E-state index is 12.9. The Balaban J connectivity index is 5.84.